The number of nitrogens with one attached hydrogen (secondary N) is 1. The second-order valence-corrected chi connectivity index (χ2v) is 3.64. The van der Waals surface area contributed by atoms with E-state index in [1.807, 2.05) is 19.1 Å². The van der Waals surface area contributed by atoms with Gasteiger partial charge < -0.3 is 15.3 Å². The highest BCUT2D eigenvalue weighted by Gasteiger charge is 2.06. The molecule has 0 bridgehead atoms. The number of phenolic OH excluding ortho intramolecular Hbond substituents is 1. The fourth-order valence-corrected chi connectivity index (χ4v) is 1.28. The van der Waals surface area contributed by atoms with E-state index < -0.39 is 0 Å². The molecule has 4 heteroatoms. The summed E-state index contributed by atoms with van der Waals surface area (Å²) in [5.41, 5.74) is 0.800. The number of para-hydroxylation sites is 1. The number of nitrogens with zero attached hydrogens (tertiary/aromatic N) is 1. The Morgan fingerprint density at radius 3 is 2.75 bits per heavy atom. The number of phenols is 1. The number of rotatable bonds is 5. The van der Waals surface area contributed by atoms with Gasteiger partial charge in [0.2, 0.25) is 5.91 Å². The van der Waals surface area contributed by atoms with Gasteiger partial charge in [-0.3, -0.25) is 4.79 Å². The summed E-state index contributed by atoms with van der Waals surface area (Å²) in [7, 11) is 1.77. The SMILES string of the molecule is CCN(C)C(=O)CNCc1ccccc1O. The van der Waals surface area contributed by atoms with E-state index in [4.69, 9.17) is 0 Å². The monoisotopic (exact) mass is 222 g/mol. The highest BCUT2D eigenvalue weighted by Crippen LogP contribution is 2.14. The zero-order valence-electron chi connectivity index (χ0n) is 9.73. The summed E-state index contributed by atoms with van der Waals surface area (Å²) in [5.74, 6) is 0.309. The van der Waals surface area contributed by atoms with E-state index in [2.05, 4.69) is 5.32 Å². The normalized spacial score (nSPS) is 10.1. The van der Waals surface area contributed by atoms with Crippen LogP contribution in [-0.2, 0) is 11.3 Å². The number of carbonyl (C=O) groups is 1. The van der Waals surface area contributed by atoms with Crippen molar-refractivity contribution in [2.24, 2.45) is 0 Å². The molecule has 1 amide bonds. The predicted octanol–water partition coefficient (Wildman–Crippen LogP) is 0.960. The van der Waals surface area contributed by atoms with Crippen LogP contribution < -0.4 is 5.32 Å². The standard InChI is InChI=1S/C12H18N2O2/c1-3-14(2)12(16)9-13-8-10-6-4-5-7-11(10)15/h4-7,13,15H,3,8-9H2,1-2H3. The van der Waals surface area contributed by atoms with Gasteiger partial charge in [-0.2, -0.15) is 0 Å². The van der Waals surface area contributed by atoms with Crippen molar-refractivity contribution in [1.29, 1.82) is 0 Å². The highest BCUT2D eigenvalue weighted by molar-refractivity contribution is 5.77. The minimum Gasteiger partial charge on any atom is -0.508 e. The van der Waals surface area contributed by atoms with E-state index in [1.54, 1.807) is 24.1 Å². The third kappa shape index (κ3) is 3.55. The van der Waals surface area contributed by atoms with Crippen molar-refractivity contribution in [1.82, 2.24) is 10.2 Å². The van der Waals surface area contributed by atoms with Gasteiger partial charge >= 0.3 is 0 Å². The van der Waals surface area contributed by atoms with Crippen LogP contribution >= 0.6 is 0 Å². The molecule has 0 fully saturated rings. The van der Waals surface area contributed by atoms with Gasteiger partial charge in [0, 0.05) is 25.7 Å². The van der Waals surface area contributed by atoms with Gasteiger partial charge in [-0.15, -0.1) is 0 Å². The summed E-state index contributed by atoms with van der Waals surface area (Å²) in [6, 6.07) is 7.10. The molecule has 0 unspecified atom stereocenters. The molecular weight excluding hydrogens is 204 g/mol. The molecule has 0 aliphatic carbocycles. The van der Waals surface area contributed by atoms with Crippen LogP contribution in [0.2, 0.25) is 0 Å². The zero-order chi connectivity index (χ0) is 12.0. The minimum absolute atomic E-state index is 0.0536. The quantitative estimate of drug-likeness (QED) is 0.780. The number of amides is 1. The Morgan fingerprint density at radius 2 is 2.12 bits per heavy atom. The molecule has 0 aromatic heterocycles. The molecule has 2 N–H and O–H groups in total. The lowest BCUT2D eigenvalue weighted by atomic mass is 10.2. The second kappa shape index (κ2) is 6.12. The number of benzene rings is 1. The lowest BCUT2D eigenvalue weighted by Gasteiger charge is -2.14. The third-order valence-corrected chi connectivity index (χ3v) is 2.48. The van der Waals surface area contributed by atoms with Crippen LogP contribution in [0.15, 0.2) is 24.3 Å². The molecule has 4 nitrogen and oxygen atoms in total. The highest BCUT2D eigenvalue weighted by atomic mass is 16.3. The average Bonchev–Trinajstić information content (AvgIpc) is 2.30. The molecule has 88 valence electrons. The Balaban J connectivity index is 2.36. The third-order valence-electron chi connectivity index (χ3n) is 2.48. The Bertz CT molecular complexity index is 353. The maximum atomic E-state index is 11.5. The molecule has 0 atom stereocenters. The van der Waals surface area contributed by atoms with E-state index in [0.717, 1.165) is 5.56 Å². The van der Waals surface area contributed by atoms with E-state index in [1.165, 1.54) is 0 Å². The van der Waals surface area contributed by atoms with Crippen LogP contribution in [0.5, 0.6) is 5.75 Å². The Morgan fingerprint density at radius 1 is 1.44 bits per heavy atom. The molecule has 0 aliphatic rings. The van der Waals surface area contributed by atoms with E-state index >= 15 is 0 Å². The molecule has 0 saturated carbocycles. The molecule has 1 aromatic rings. The van der Waals surface area contributed by atoms with Gasteiger partial charge in [-0.05, 0) is 13.0 Å². The van der Waals surface area contributed by atoms with Crippen LogP contribution in [0.1, 0.15) is 12.5 Å². The second-order valence-electron chi connectivity index (χ2n) is 3.64. The first kappa shape index (κ1) is 12.5. The molecule has 1 rings (SSSR count). The average molecular weight is 222 g/mol. The summed E-state index contributed by atoms with van der Waals surface area (Å²) < 4.78 is 0. The summed E-state index contributed by atoms with van der Waals surface area (Å²) in [6.45, 7) is 3.42. The van der Waals surface area contributed by atoms with Crippen molar-refractivity contribution < 1.29 is 9.90 Å². The Kier molecular flexibility index (Phi) is 4.79. The van der Waals surface area contributed by atoms with Gasteiger partial charge in [0.05, 0.1) is 6.54 Å². The fourth-order valence-electron chi connectivity index (χ4n) is 1.28. The lowest BCUT2D eigenvalue weighted by molar-refractivity contribution is -0.128. The Labute approximate surface area is 95.9 Å². The van der Waals surface area contributed by atoms with E-state index in [0.29, 0.717) is 19.6 Å². The maximum Gasteiger partial charge on any atom is 0.236 e. The predicted molar refractivity (Wildman–Crippen MR) is 63.1 cm³/mol. The van der Waals surface area contributed by atoms with Gasteiger partial charge in [0.25, 0.3) is 0 Å². The van der Waals surface area contributed by atoms with E-state index in [9.17, 15) is 9.90 Å². The number of hydrogen-bond donors (Lipinski definition) is 2. The molecule has 0 heterocycles. The lowest BCUT2D eigenvalue weighted by Crippen LogP contribution is -2.35. The van der Waals surface area contributed by atoms with Crippen molar-refractivity contribution in [2.75, 3.05) is 20.1 Å². The summed E-state index contributed by atoms with van der Waals surface area (Å²) in [5, 5.41) is 12.5. The summed E-state index contributed by atoms with van der Waals surface area (Å²) in [4.78, 5) is 13.1. The minimum atomic E-state index is 0.0536. The largest absolute Gasteiger partial charge is 0.508 e. The summed E-state index contributed by atoms with van der Waals surface area (Å²) in [6.07, 6.45) is 0. The van der Waals surface area contributed by atoms with Gasteiger partial charge in [-0.1, -0.05) is 18.2 Å². The van der Waals surface area contributed by atoms with Crippen LogP contribution in [0.25, 0.3) is 0 Å². The van der Waals surface area contributed by atoms with Crippen LogP contribution in [0, 0.1) is 0 Å². The number of carbonyl (C=O) groups excluding carboxylic acids is 1. The molecule has 0 saturated heterocycles. The van der Waals surface area contributed by atoms with Crippen LogP contribution in [-0.4, -0.2) is 36.1 Å². The fraction of sp³-hybridized carbons (Fsp3) is 0.417. The van der Waals surface area contributed by atoms with Gasteiger partial charge in [0.15, 0.2) is 0 Å². The first-order valence-corrected chi connectivity index (χ1v) is 5.36. The van der Waals surface area contributed by atoms with Gasteiger partial charge in [-0.25, -0.2) is 0 Å². The first-order valence-electron chi connectivity index (χ1n) is 5.36. The van der Waals surface area contributed by atoms with Crippen molar-refractivity contribution in [2.45, 2.75) is 13.5 Å². The van der Waals surface area contributed by atoms with Crippen molar-refractivity contribution in [3.05, 3.63) is 29.8 Å². The zero-order valence-corrected chi connectivity index (χ0v) is 9.73. The van der Waals surface area contributed by atoms with Crippen molar-refractivity contribution in [3.63, 3.8) is 0 Å². The molecule has 0 spiro atoms. The summed E-state index contributed by atoms with van der Waals surface area (Å²) >= 11 is 0. The number of hydrogen-bond acceptors (Lipinski definition) is 3. The first-order chi connectivity index (χ1) is 7.65. The smallest absolute Gasteiger partial charge is 0.236 e. The van der Waals surface area contributed by atoms with E-state index in [-0.39, 0.29) is 11.7 Å². The number of aromatic hydroxyl groups is 1. The molecule has 0 radical (unpaired) electrons. The van der Waals surface area contributed by atoms with Crippen molar-refractivity contribution >= 4 is 5.91 Å². The molecule has 0 aliphatic heterocycles. The topological polar surface area (TPSA) is 52.6 Å². The number of likely N-dealkylation sites (N-methyl/N-ethyl adjacent to an activating group) is 1. The van der Waals surface area contributed by atoms with Crippen LogP contribution in [0.3, 0.4) is 0 Å². The Hall–Kier alpha value is -1.55. The maximum absolute atomic E-state index is 11.5. The van der Waals surface area contributed by atoms with Crippen LogP contribution in [0.4, 0.5) is 0 Å². The van der Waals surface area contributed by atoms with Crippen molar-refractivity contribution in [3.8, 4) is 5.75 Å². The van der Waals surface area contributed by atoms with Gasteiger partial charge in [0.1, 0.15) is 5.75 Å². The molecule has 1 aromatic carbocycles. The molecule has 16 heavy (non-hydrogen) atoms. The molecular formula is C12H18N2O2.